The zero-order chi connectivity index (χ0) is 22.7. The zero-order valence-electron chi connectivity index (χ0n) is 16.8. The molecule has 1 aromatic heterocycles. The van der Waals surface area contributed by atoms with E-state index >= 15 is 0 Å². The Kier molecular flexibility index (Phi) is 6.60. The van der Waals surface area contributed by atoms with Gasteiger partial charge < -0.3 is 14.5 Å². The molecule has 1 heterocycles. The predicted molar refractivity (Wildman–Crippen MR) is 131 cm³/mol. The van der Waals surface area contributed by atoms with Gasteiger partial charge in [-0.3, -0.25) is 10.1 Å². The SMILES string of the molecule is CCOc1ccc(C(=O)NC(=S)Nc2ccc3oc(-c4cc(Cl)ccc4Cl)nc3c2)cc1. The fraction of sp³-hybridized carbons (Fsp3) is 0.0870. The molecule has 9 heteroatoms. The average Bonchev–Trinajstić information content (AvgIpc) is 3.19. The van der Waals surface area contributed by atoms with Gasteiger partial charge in [-0.25, -0.2) is 4.98 Å². The number of carbonyl (C=O) groups excluding carboxylic acids is 1. The summed E-state index contributed by atoms with van der Waals surface area (Å²) in [6.07, 6.45) is 0. The number of hydrogen-bond donors (Lipinski definition) is 2. The minimum Gasteiger partial charge on any atom is -0.494 e. The Labute approximate surface area is 199 Å². The second-order valence-electron chi connectivity index (χ2n) is 6.69. The monoisotopic (exact) mass is 485 g/mol. The molecule has 3 aromatic carbocycles. The van der Waals surface area contributed by atoms with Gasteiger partial charge in [0.25, 0.3) is 5.91 Å². The Hall–Kier alpha value is -3.13. The molecule has 6 nitrogen and oxygen atoms in total. The van der Waals surface area contributed by atoms with E-state index < -0.39 is 0 Å². The topological polar surface area (TPSA) is 76.4 Å². The van der Waals surface area contributed by atoms with Crippen molar-refractivity contribution >= 4 is 63.2 Å². The number of fused-ring (bicyclic) bond motifs is 1. The lowest BCUT2D eigenvalue weighted by atomic mass is 10.2. The lowest BCUT2D eigenvalue weighted by Crippen LogP contribution is -2.34. The van der Waals surface area contributed by atoms with Crippen molar-refractivity contribution in [3.8, 4) is 17.2 Å². The highest BCUT2D eigenvalue weighted by Gasteiger charge is 2.14. The van der Waals surface area contributed by atoms with Crippen LogP contribution >= 0.6 is 35.4 Å². The number of rotatable bonds is 5. The molecule has 162 valence electrons. The summed E-state index contributed by atoms with van der Waals surface area (Å²) in [6.45, 7) is 2.46. The van der Waals surface area contributed by atoms with Crippen molar-refractivity contribution in [2.45, 2.75) is 6.92 Å². The van der Waals surface area contributed by atoms with Gasteiger partial charge >= 0.3 is 0 Å². The number of oxazole rings is 1. The van der Waals surface area contributed by atoms with Gasteiger partial charge in [-0.05, 0) is 79.8 Å². The van der Waals surface area contributed by atoms with Gasteiger partial charge in [0.15, 0.2) is 10.7 Å². The maximum Gasteiger partial charge on any atom is 0.257 e. The van der Waals surface area contributed by atoms with E-state index in [-0.39, 0.29) is 11.0 Å². The number of halogens is 2. The van der Waals surface area contributed by atoms with E-state index in [2.05, 4.69) is 15.6 Å². The first-order chi connectivity index (χ1) is 15.4. The molecule has 0 fully saturated rings. The first-order valence-electron chi connectivity index (χ1n) is 9.64. The van der Waals surface area contributed by atoms with Gasteiger partial charge in [0.1, 0.15) is 11.3 Å². The summed E-state index contributed by atoms with van der Waals surface area (Å²) in [5.41, 5.74) is 2.88. The number of nitrogens with zero attached hydrogens (tertiary/aromatic N) is 1. The fourth-order valence-corrected chi connectivity index (χ4v) is 3.57. The van der Waals surface area contributed by atoms with Crippen molar-refractivity contribution in [2.24, 2.45) is 0 Å². The summed E-state index contributed by atoms with van der Waals surface area (Å²) in [5.74, 6) is 0.728. The van der Waals surface area contributed by atoms with Crippen LogP contribution in [0.15, 0.2) is 65.1 Å². The van der Waals surface area contributed by atoms with Crippen molar-refractivity contribution < 1.29 is 13.9 Å². The Morgan fingerprint density at radius 3 is 2.62 bits per heavy atom. The van der Waals surface area contributed by atoms with Crippen LogP contribution < -0.4 is 15.4 Å². The molecule has 0 aliphatic rings. The van der Waals surface area contributed by atoms with Crippen LogP contribution in [0.5, 0.6) is 5.75 Å². The number of hydrogen-bond acceptors (Lipinski definition) is 5. The Bertz CT molecular complexity index is 1310. The van der Waals surface area contributed by atoms with Crippen molar-refractivity contribution in [1.82, 2.24) is 10.3 Å². The van der Waals surface area contributed by atoms with E-state index in [0.29, 0.717) is 56.2 Å². The number of ether oxygens (including phenoxy) is 1. The van der Waals surface area contributed by atoms with Gasteiger partial charge in [0.2, 0.25) is 5.89 Å². The largest absolute Gasteiger partial charge is 0.494 e. The maximum absolute atomic E-state index is 12.4. The zero-order valence-corrected chi connectivity index (χ0v) is 19.1. The number of aromatic nitrogens is 1. The van der Waals surface area contributed by atoms with Crippen LogP contribution in [-0.2, 0) is 0 Å². The van der Waals surface area contributed by atoms with E-state index in [9.17, 15) is 4.79 Å². The molecule has 4 rings (SSSR count). The molecule has 0 spiro atoms. The predicted octanol–water partition coefficient (Wildman–Crippen LogP) is 6.33. The third-order valence-corrected chi connectivity index (χ3v) is 5.23. The van der Waals surface area contributed by atoms with Crippen molar-refractivity contribution in [2.75, 3.05) is 11.9 Å². The van der Waals surface area contributed by atoms with E-state index in [0.717, 1.165) is 0 Å². The van der Waals surface area contributed by atoms with Crippen molar-refractivity contribution in [1.29, 1.82) is 0 Å². The molecule has 0 bridgehead atoms. The highest BCUT2D eigenvalue weighted by atomic mass is 35.5. The molecule has 2 N–H and O–H groups in total. The minimum absolute atomic E-state index is 0.157. The van der Waals surface area contributed by atoms with E-state index in [1.54, 1.807) is 60.7 Å². The summed E-state index contributed by atoms with van der Waals surface area (Å²) in [7, 11) is 0. The minimum atomic E-state index is -0.328. The molecule has 0 atom stereocenters. The first kappa shape index (κ1) is 22.1. The summed E-state index contributed by atoms with van der Waals surface area (Å²) in [6, 6.07) is 17.2. The molecule has 0 aliphatic heterocycles. The second-order valence-corrected chi connectivity index (χ2v) is 7.94. The Balaban J connectivity index is 1.46. The number of amides is 1. The van der Waals surface area contributed by atoms with Gasteiger partial charge in [-0.15, -0.1) is 0 Å². The lowest BCUT2D eigenvalue weighted by molar-refractivity contribution is 0.0977. The van der Waals surface area contributed by atoms with Crippen LogP contribution in [0.1, 0.15) is 17.3 Å². The third-order valence-electron chi connectivity index (χ3n) is 4.46. The van der Waals surface area contributed by atoms with E-state index in [4.69, 9.17) is 44.6 Å². The maximum atomic E-state index is 12.4. The first-order valence-corrected chi connectivity index (χ1v) is 10.8. The normalized spacial score (nSPS) is 10.7. The van der Waals surface area contributed by atoms with Crippen LogP contribution in [0.3, 0.4) is 0 Å². The van der Waals surface area contributed by atoms with Crippen LogP contribution in [0.2, 0.25) is 10.0 Å². The molecule has 0 radical (unpaired) electrons. The highest BCUT2D eigenvalue weighted by Crippen LogP contribution is 2.32. The third kappa shape index (κ3) is 5.02. The Morgan fingerprint density at radius 2 is 1.88 bits per heavy atom. The summed E-state index contributed by atoms with van der Waals surface area (Å²) in [4.78, 5) is 16.9. The number of thiocarbonyl (C=S) groups is 1. The number of benzene rings is 3. The second kappa shape index (κ2) is 9.56. The molecular weight excluding hydrogens is 469 g/mol. The molecule has 4 aromatic rings. The van der Waals surface area contributed by atoms with Crippen molar-refractivity contribution in [3.63, 3.8) is 0 Å². The molecule has 0 saturated carbocycles. The van der Waals surface area contributed by atoms with Crippen LogP contribution in [-0.4, -0.2) is 22.6 Å². The van der Waals surface area contributed by atoms with Gasteiger partial charge in [0.05, 0.1) is 17.2 Å². The summed E-state index contributed by atoms with van der Waals surface area (Å²) in [5, 5.41) is 6.81. The van der Waals surface area contributed by atoms with E-state index in [1.165, 1.54) is 0 Å². The van der Waals surface area contributed by atoms with Gasteiger partial charge in [-0.2, -0.15) is 0 Å². The van der Waals surface area contributed by atoms with E-state index in [1.807, 2.05) is 6.92 Å². The van der Waals surface area contributed by atoms with Crippen LogP contribution in [0.25, 0.3) is 22.6 Å². The summed E-state index contributed by atoms with van der Waals surface area (Å²) >= 11 is 17.6. The van der Waals surface area contributed by atoms with Gasteiger partial charge in [0, 0.05) is 16.3 Å². The average molecular weight is 486 g/mol. The quantitative estimate of drug-likeness (QED) is 0.321. The summed E-state index contributed by atoms with van der Waals surface area (Å²) < 4.78 is 11.2. The fourth-order valence-electron chi connectivity index (χ4n) is 2.99. The molecular formula is C23H17Cl2N3O3S. The molecule has 0 unspecified atom stereocenters. The Morgan fingerprint density at radius 1 is 1.09 bits per heavy atom. The van der Waals surface area contributed by atoms with Crippen LogP contribution in [0.4, 0.5) is 5.69 Å². The van der Waals surface area contributed by atoms with Crippen LogP contribution in [0, 0.1) is 0 Å². The van der Waals surface area contributed by atoms with Gasteiger partial charge in [-0.1, -0.05) is 23.2 Å². The number of carbonyl (C=O) groups is 1. The smallest absolute Gasteiger partial charge is 0.257 e. The highest BCUT2D eigenvalue weighted by molar-refractivity contribution is 7.80. The molecule has 1 amide bonds. The molecule has 0 saturated heterocycles. The lowest BCUT2D eigenvalue weighted by Gasteiger charge is -2.10. The number of nitrogens with one attached hydrogen (secondary N) is 2. The molecule has 32 heavy (non-hydrogen) atoms. The van der Waals surface area contributed by atoms with Crippen molar-refractivity contribution in [3.05, 3.63) is 76.3 Å². The molecule has 0 aliphatic carbocycles. The number of anilines is 1. The standard InChI is InChI=1S/C23H17Cl2N3O3S/c1-2-30-16-7-3-13(4-8-16)21(29)28-23(32)26-15-6-10-20-19(12-15)27-22(31-20)17-11-14(24)5-9-18(17)25/h3-12H,2H2,1H3,(H2,26,28,29,32).